The van der Waals surface area contributed by atoms with Crippen LogP contribution < -0.4 is 4.90 Å². The van der Waals surface area contributed by atoms with Gasteiger partial charge in [0.25, 0.3) is 0 Å². The van der Waals surface area contributed by atoms with Crippen molar-refractivity contribution >= 4 is 5.69 Å². The Balaban J connectivity index is 3.04. The second-order valence-corrected chi connectivity index (χ2v) is 3.99. The number of benzene rings is 1. The smallest absolute Gasteiger partial charge is 0.143 e. The second-order valence-electron chi connectivity index (χ2n) is 3.99. The standard InChI is InChI=1S/C13H17FN2/c1-4-6-10(2)16(3)13-8-5-7-12(14)11(13)9-15/h5,7-8,10H,4,6H2,1-3H3. The molecule has 0 spiro atoms. The Bertz CT molecular complexity index is 395. The van der Waals surface area contributed by atoms with E-state index in [1.54, 1.807) is 12.1 Å². The van der Waals surface area contributed by atoms with Gasteiger partial charge in [-0.15, -0.1) is 0 Å². The summed E-state index contributed by atoms with van der Waals surface area (Å²) in [5.74, 6) is -0.449. The molecule has 3 heteroatoms. The zero-order valence-electron chi connectivity index (χ0n) is 10.00. The molecule has 0 aliphatic heterocycles. The van der Waals surface area contributed by atoms with Crippen molar-refractivity contribution in [3.63, 3.8) is 0 Å². The van der Waals surface area contributed by atoms with Crippen LogP contribution in [0.3, 0.4) is 0 Å². The maximum atomic E-state index is 13.4. The molecule has 16 heavy (non-hydrogen) atoms. The summed E-state index contributed by atoms with van der Waals surface area (Å²) in [4.78, 5) is 1.96. The number of hydrogen-bond donors (Lipinski definition) is 0. The van der Waals surface area contributed by atoms with E-state index in [1.807, 2.05) is 18.0 Å². The highest BCUT2D eigenvalue weighted by Gasteiger charge is 2.15. The molecule has 1 rings (SSSR count). The number of nitrogens with zero attached hydrogens (tertiary/aromatic N) is 2. The Hall–Kier alpha value is -1.56. The van der Waals surface area contributed by atoms with E-state index >= 15 is 0 Å². The van der Waals surface area contributed by atoms with Crippen molar-refractivity contribution in [3.05, 3.63) is 29.6 Å². The number of rotatable bonds is 4. The molecule has 2 nitrogen and oxygen atoms in total. The first-order valence-corrected chi connectivity index (χ1v) is 5.53. The van der Waals surface area contributed by atoms with Crippen LogP contribution in [-0.2, 0) is 0 Å². The van der Waals surface area contributed by atoms with E-state index in [0.717, 1.165) is 12.8 Å². The average molecular weight is 220 g/mol. The summed E-state index contributed by atoms with van der Waals surface area (Å²) in [6.45, 7) is 4.19. The normalized spacial score (nSPS) is 11.9. The second kappa shape index (κ2) is 5.50. The molecule has 0 fully saturated rings. The van der Waals surface area contributed by atoms with Crippen molar-refractivity contribution < 1.29 is 4.39 Å². The van der Waals surface area contributed by atoms with Crippen LogP contribution in [0.15, 0.2) is 18.2 Å². The number of hydrogen-bond acceptors (Lipinski definition) is 2. The third kappa shape index (κ3) is 2.52. The molecule has 1 aromatic carbocycles. The first kappa shape index (κ1) is 12.5. The fourth-order valence-corrected chi connectivity index (χ4v) is 1.77. The minimum Gasteiger partial charge on any atom is -0.371 e. The lowest BCUT2D eigenvalue weighted by Crippen LogP contribution is -2.29. The van der Waals surface area contributed by atoms with Crippen molar-refractivity contribution in [2.75, 3.05) is 11.9 Å². The van der Waals surface area contributed by atoms with E-state index in [2.05, 4.69) is 13.8 Å². The molecule has 0 aliphatic carbocycles. The van der Waals surface area contributed by atoms with Gasteiger partial charge in [-0.1, -0.05) is 19.4 Å². The van der Waals surface area contributed by atoms with Crippen molar-refractivity contribution in [3.8, 4) is 6.07 Å². The third-order valence-electron chi connectivity index (χ3n) is 2.85. The highest BCUT2D eigenvalue weighted by molar-refractivity contribution is 5.59. The highest BCUT2D eigenvalue weighted by Crippen LogP contribution is 2.24. The molecule has 1 aromatic rings. The molecule has 0 saturated carbocycles. The monoisotopic (exact) mass is 220 g/mol. The summed E-state index contributed by atoms with van der Waals surface area (Å²) in [6.07, 6.45) is 2.10. The lowest BCUT2D eigenvalue weighted by molar-refractivity contribution is 0.603. The number of anilines is 1. The van der Waals surface area contributed by atoms with Gasteiger partial charge < -0.3 is 4.90 Å². The average Bonchev–Trinajstić information content (AvgIpc) is 2.28. The molecule has 1 atom stereocenters. The van der Waals surface area contributed by atoms with Gasteiger partial charge in [0.1, 0.15) is 17.4 Å². The van der Waals surface area contributed by atoms with E-state index in [-0.39, 0.29) is 5.56 Å². The molecule has 0 aliphatic rings. The zero-order chi connectivity index (χ0) is 12.1. The van der Waals surface area contributed by atoms with Crippen LogP contribution in [0, 0.1) is 17.1 Å². The minimum absolute atomic E-state index is 0.132. The number of nitriles is 1. The first-order chi connectivity index (χ1) is 7.61. The lowest BCUT2D eigenvalue weighted by Gasteiger charge is -2.27. The maximum Gasteiger partial charge on any atom is 0.143 e. The van der Waals surface area contributed by atoms with Gasteiger partial charge in [0.05, 0.1) is 5.69 Å². The van der Waals surface area contributed by atoms with Crippen LogP contribution in [0.25, 0.3) is 0 Å². The predicted molar refractivity (Wildman–Crippen MR) is 63.9 cm³/mol. The van der Waals surface area contributed by atoms with Crippen LogP contribution in [0.1, 0.15) is 32.3 Å². The molecule has 86 valence electrons. The first-order valence-electron chi connectivity index (χ1n) is 5.53. The Labute approximate surface area is 96.3 Å². The van der Waals surface area contributed by atoms with Crippen LogP contribution in [-0.4, -0.2) is 13.1 Å². The van der Waals surface area contributed by atoms with Crippen LogP contribution in [0.2, 0.25) is 0 Å². The van der Waals surface area contributed by atoms with Gasteiger partial charge in [-0.25, -0.2) is 4.39 Å². The highest BCUT2D eigenvalue weighted by atomic mass is 19.1. The SMILES string of the molecule is CCCC(C)N(C)c1cccc(F)c1C#N. The topological polar surface area (TPSA) is 27.0 Å². The van der Waals surface area contributed by atoms with Crippen molar-refractivity contribution in [1.82, 2.24) is 0 Å². The van der Waals surface area contributed by atoms with E-state index in [4.69, 9.17) is 5.26 Å². The van der Waals surface area contributed by atoms with E-state index in [9.17, 15) is 4.39 Å². The third-order valence-corrected chi connectivity index (χ3v) is 2.85. The summed E-state index contributed by atoms with van der Waals surface area (Å²) in [5, 5.41) is 8.94. The molecule has 0 aromatic heterocycles. The fraction of sp³-hybridized carbons (Fsp3) is 0.462. The molecule has 0 radical (unpaired) electrons. The molecule has 0 amide bonds. The largest absolute Gasteiger partial charge is 0.371 e. The van der Waals surface area contributed by atoms with Crippen LogP contribution in [0.4, 0.5) is 10.1 Å². The molecule has 0 saturated heterocycles. The summed E-state index contributed by atoms with van der Waals surface area (Å²) in [7, 11) is 1.90. The summed E-state index contributed by atoms with van der Waals surface area (Å²) in [6, 6.07) is 6.97. The zero-order valence-corrected chi connectivity index (χ0v) is 10.00. The van der Waals surface area contributed by atoms with Gasteiger partial charge in [0.2, 0.25) is 0 Å². The van der Waals surface area contributed by atoms with Crippen molar-refractivity contribution in [2.45, 2.75) is 32.7 Å². The summed E-state index contributed by atoms with van der Waals surface area (Å²) < 4.78 is 13.4. The molecule has 0 heterocycles. The summed E-state index contributed by atoms with van der Waals surface area (Å²) >= 11 is 0. The molecule has 0 bridgehead atoms. The fourth-order valence-electron chi connectivity index (χ4n) is 1.77. The Morgan fingerprint density at radius 3 is 2.75 bits per heavy atom. The Morgan fingerprint density at radius 2 is 2.19 bits per heavy atom. The Kier molecular flexibility index (Phi) is 4.30. The molecule has 0 N–H and O–H groups in total. The van der Waals surface area contributed by atoms with Gasteiger partial charge >= 0.3 is 0 Å². The van der Waals surface area contributed by atoms with Crippen LogP contribution in [0.5, 0.6) is 0 Å². The quantitative estimate of drug-likeness (QED) is 0.778. The minimum atomic E-state index is -0.449. The van der Waals surface area contributed by atoms with Crippen molar-refractivity contribution in [2.24, 2.45) is 0 Å². The van der Waals surface area contributed by atoms with E-state index < -0.39 is 5.82 Å². The van der Waals surface area contributed by atoms with E-state index in [1.165, 1.54) is 6.07 Å². The van der Waals surface area contributed by atoms with Crippen molar-refractivity contribution in [1.29, 1.82) is 5.26 Å². The van der Waals surface area contributed by atoms with Gasteiger partial charge in [0, 0.05) is 13.1 Å². The Morgan fingerprint density at radius 1 is 1.50 bits per heavy atom. The lowest BCUT2D eigenvalue weighted by atomic mass is 10.1. The molecular formula is C13H17FN2. The van der Waals surface area contributed by atoms with Gasteiger partial charge in [-0.2, -0.15) is 5.26 Å². The van der Waals surface area contributed by atoms with Crippen LogP contribution >= 0.6 is 0 Å². The molecule has 1 unspecified atom stereocenters. The number of halogens is 1. The van der Waals surface area contributed by atoms with Gasteiger partial charge in [-0.05, 0) is 25.5 Å². The summed E-state index contributed by atoms with van der Waals surface area (Å²) in [5.41, 5.74) is 0.802. The van der Waals surface area contributed by atoms with Gasteiger partial charge in [0.15, 0.2) is 0 Å². The predicted octanol–water partition coefficient (Wildman–Crippen LogP) is 3.32. The van der Waals surface area contributed by atoms with E-state index in [0.29, 0.717) is 11.7 Å². The maximum absolute atomic E-state index is 13.4. The molecular weight excluding hydrogens is 203 g/mol. The van der Waals surface area contributed by atoms with Gasteiger partial charge in [-0.3, -0.25) is 0 Å².